The summed E-state index contributed by atoms with van der Waals surface area (Å²) in [6, 6.07) is 17.9. The third-order valence-electron chi connectivity index (χ3n) is 3.15. The zero-order valence-corrected chi connectivity index (χ0v) is 10.0. The van der Waals surface area contributed by atoms with Crippen molar-refractivity contribution >= 4 is 27.5 Å². The van der Waals surface area contributed by atoms with Crippen LogP contribution in [0.25, 0.3) is 21.5 Å². The number of hydrogen-bond donors (Lipinski definition) is 0. The molecule has 0 bridgehead atoms. The van der Waals surface area contributed by atoms with Gasteiger partial charge in [-0.05, 0) is 39.7 Å². The van der Waals surface area contributed by atoms with Crippen LogP contribution in [0.2, 0.25) is 0 Å². The summed E-state index contributed by atoms with van der Waals surface area (Å²) < 4.78 is 4.82. The van der Waals surface area contributed by atoms with Crippen molar-refractivity contribution in [3.63, 3.8) is 0 Å². The lowest BCUT2D eigenvalue weighted by atomic mass is 10.00. The van der Waals surface area contributed by atoms with E-state index in [-0.39, 0.29) is 5.97 Å². The van der Waals surface area contributed by atoms with E-state index in [9.17, 15) is 4.79 Å². The molecule has 2 nitrogen and oxygen atoms in total. The van der Waals surface area contributed by atoms with Crippen molar-refractivity contribution in [2.75, 3.05) is 7.11 Å². The lowest BCUT2D eigenvalue weighted by Crippen LogP contribution is -2.01. The molecule has 0 heterocycles. The Hall–Kier alpha value is -2.35. The van der Waals surface area contributed by atoms with Gasteiger partial charge in [-0.25, -0.2) is 4.79 Å². The molecule has 0 N–H and O–H groups in total. The third kappa shape index (κ3) is 1.63. The van der Waals surface area contributed by atoms with E-state index in [4.69, 9.17) is 4.74 Å². The molecule has 0 saturated carbocycles. The second-order valence-corrected chi connectivity index (χ2v) is 4.22. The molecule has 2 heteroatoms. The zero-order valence-electron chi connectivity index (χ0n) is 10.0. The van der Waals surface area contributed by atoms with Crippen LogP contribution >= 0.6 is 0 Å². The SMILES string of the molecule is COC(=O)c1cccc2cc3ccccc3cc12. The highest BCUT2D eigenvalue weighted by Gasteiger charge is 2.10. The monoisotopic (exact) mass is 236 g/mol. The lowest BCUT2D eigenvalue weighted by molar-refractivity contribution is 0.0603. The van der Waals surface area contributed by atoms with E-state index in [2.05, 4.69) is 12.1 Å². The van der Waals surface area contributed by atoms with Crippen molar-refractivity contribution in [2.45, 2.75) is 0 Å². The number of rotatable bonds is 1. The van der Waals surface area contributed by atoms with Crippen molar-refractivity contribution < 1.29 is 9.53 Å². The van der Waals surface area contributed by atoms with Crippen LogP contribution < -0.4 is 0 Å². The highest BCUT2D eigenvalue weighted by Crippen LogP contribution is 2.25. The maximum absolute atomic E-state index is 11.7. The molecule has 0 spiro atoms. The molecule has 0 amide bonds. The quantitative estimate of drug-likeness (QED) is 0.474. The number of carbonyl (C=O) groups is 1. The Balaban J connectivity index is 2.39. The van der Waals surface area contributed by atoms with Crippen LogP contribution in [0.3, 0.4) is 0 Å². The predicted molar refractivity (Wildman–Crippen MR) is 72.8 cm³/mol. The predicted octanol–water partition coefficient (Wildman–Crippen LogP) is 3.78. The van der Waals surface area contributed by atoms with Gasteiger partial charge in [0, 0.05) is 0 Å². The Morgan fingerprint density at radius 1 is 0.889 bits per heavy atom. The number of ether oxygens (including phenoxy) is 1. The normalized spacial score (nSPS) is 10.7. The molecule has 0 radical (unpaired) electrons. The molecule has 0 aliphatic heterocycles. The van der Waals surface area contributed by atoms with Crippen LogP contribution in [0.4, 0.5) is 0 Å². The molecular weight excluding hydrogens is 224 g/mol. The second kappa shape index (κ2) is 4.15. The second-order valence-electron chi connectivity index (χ2n) is 4.22. The first-order valence-corrected chi connectivity index (χ1v) is 5.79. The molecule has 3 aromatic rings. The number of carbonyl (C=O) groups excluding carboxylic acids is 1. The largest absolute Gasteiger partial charge is 0.465 e. The standard InChI is InChI=1S/C16H12O2/c1-18-16(17)14-8-4-7-13-9-11-5-2-3-6-12(11)10-15(13)14/h2-10H,1H3. The number of fused-ring (bicyclic) bond motifs is 2. The summed E-state index contributed by atoms with van der Waals surface area (Å²) in [6.45, 7) is 0. The molecule has 3 rings (SSSR count). The van der Waals surface area contributed by atoms with Gasteiger partial charge in [-0.3, -0.25) is 0 Å². The van der Waals surface area contributed by atoms with Crippen molar-refractivity contribution in [3.05, 3.63) is 60.2 Å². The van der Waals surface area contributed by atoms with E-state index in [0.717, 1.165) is 16.2 Å². The van der Waals surface area contributed by atoms with Crippen LogP contribution in [0.1, 0.15) is 10.4 Å². The fourth-order valence-electron chi connectivity index (χ4n) is 2.25. The minimum absolute atomic E-state index is 0.295. The van der Waals surface area contributed by atoms with Gasteiger partial charge in [-0.2, -0.15) is 0 Å². The fraction of sp³-hybridized carbons (Fsp3) is 0.0625. The van der Waals surface area contributed by atoms with Crippen LogP contribution in [0.15, 0.2) is 54.6 Å². The van der Waals surface area contributed by atoms with Crippen molar-refractivity contribution in [2.24, 2.45) is 0 Å². The van der Waals surface area contributed by atoms with E-state index in [0.29, 0.717) is 5.56 Å². The van der Waals surface area contributed by atoms with Crippen molar-refractivity contribution in [1.82, 2.24) is 0 Å². The number of esters is 1. The van der Waals surface area contributed by atoms with Gasteiger partial charge in [-0.15, -0.1) is 0 Å². The molecule has 88 valence electrons. The average Bonchev–Trinajstić information content (AvgIpc) is 2.43. The maximum Gasteiger partial charge on any atom is 0.338 e. The summed E-state index contributed by atoms with van der Waals surface area (Å²) in [5, 5.41) is 4.29. The number of benzene rings is 3. The van der Waals surface area contributed by atoms with Gasteiger partial charge in [0.05, 0.1) is 12.7 Å². The van der Waals surface area contributed by atoms with Crippen molar-refractivity contribution in [3.8, 4) is 0 Å². The first kappa shape index (κ1) is 10.8. The first-order chi connectivity index (χ1) is 8.79. The van der Waals surface area contributed by atoms with Crippen LogP contribution in [-0.4, -0.2) is 13.1 Å². The van der Waals surface area contributed by atoms with E-state index >= 15 is 0 Å². The molecule has 0 aliphatic rings. The Labute approximate surface area is 105 Å². The Morgan fingerprint density at radius 2 is 1.56 bits per heavy atom. The highest BCUT2D eigenvalue weighted by atomic mass is 16.5. The first-order valence-electron chi connectivity index (χ1n) is 5.79. The maximum atomic E-state index is 11.7. The Bertz CT molecular complexity index is 744. The van der Waals surface area contributed by atoms with E-state index < -0.39 is 0 Å². The molecule has 3 aromatic carbocycles. The summed E-state index contributed by atoms with van der Waals surface area (Å²) in [7, 11) is 1.40. The van der Waals surface area contributed by atoms with E-state index in [1.165, 1.54) is 12.5 Å². The molecule has 0 fully saturated rings. The van der Waals surface area contributed by atoms with Crippen LogP contribution in [0.5, 0.6) is 0 Å². The molecule has 0 aliphatic carbocycles. The zero-order chi connectivity index (χ0) is 12.5. The van der Waals surface area contributed by atoms with Gasteiger partial charge in [0.25, 0.3) is 0 Å². The van der Waals surface area contributed by atoms with E-state index in [1.807, 2.05) is 36.4 Å². The molecule has 18 heavy (non-hydrogen) atoms. The molecule has 0 atom stereocenters. The summed E-state index contributed by atoms with van der Waals surface area (Å²) in [4.78, 5) is 11.7. The van der Waals surface area contributed by atoms with E-state index in [1.54, 1.807) is 6.07 Å². The minimum atomic E-state index is -0.295. The Morgan fingerprint density at radius 3 is 2.28 bits per heavy atom. The third-order valence-corrected chi connectivity index (χ3v) is 3.15. The van der Waals surface area contributed by atoms with Gasteiger partial charge in [0.15, 0.2) is 0 Å². The Kier molecular flexibility index (Phi) is 2.49. The van der Waals surface area contributed by atoms with Gasteiger partial charge >= 0.3 is 5.97 Å². The summed E-state index contributed by atoms with van der Waals surface area (Å²) in [6.07, 6.45) is 0. The summed E-state index contributed by atoms with van der Waals surface area (Å²) in [5.74, 6) is -0.295. The summed E-state index contributed by atoms with van der Waals surface area (Å²) in [5.41, 5.74) is 0.612. The fourth-order valence-corrected chi connectivity index (χ4v) is 2.25. The topological polar surface area (TPSA) is 26.3 Å². The van der Waals surface area contributed by atoms with Crippen LogP contribution in [0, 0.1) is 0 Å². The minimum Gasteiger partial charge on any atom is -0.465 e. The molecular formula is C16H12O2. The lowest BCUT2D eigenvalue weighted by Gasteiger charge is -2.06. The van der Waals surface area contributed by atoms with Crippen molar-refractivity contribution in [1.29, 1.82) is 0 Å². The molecule has 0 saturated heterocycles. The van der Waals surface area contributed by atoms with Gasteiger partial charge in [0.2, 0.25) is 0 Å². The number of methoxy groups -OCH3 is 1. The van der Waals surface area contributed by atoms with Gasteiger partial charge < -0.3 is 4.74 Å². The van der Waals surface area contributed by atoms with Gasteiger partial charge in [-0.1, -0.05) is 36.4 Å². The smallest absolute Gasteiger partial charge is 0.338 e. The number of hydrogen-bond acceptors (Lipinski definition) is 2. The summed E-state index contributed by atoms with van der Waals surface area (Å²) >= 11 is 0. The van der Waals surface area contributed by atoms with Gasteiger partial charge in [0.1, 0.15) is 0 Å². The van der Waals surface area contributed by atoms with Crippen LogP contribution in [-0.2, 0) is 4.74 Å². The molecule has 0 unspecified atom stereocenters. The highest BCUT2D eigenvalue weighted by molar-refractivity contribution is 6.08. The average molecular weight is 236 g/mol. The molecule has 0 aromatic heterocycles.